The minimum atomic E-state index is -0.238. The predicted molar refractivity (Wildman–Crippen MR) is 77.9 cm³/mol. The van der Waals surface area contributed by atoms with Gasteiger partial charge in [-0.1, -0.05) is 48.6 Å². The van der Waals surface area contributed by atoms with E-state index in [2.05, 4.69) is 4.99 Å². The fourth-order valence-electron chi connectivity index (χ4n) is 1.43. The van der Waals surface area contributed by atoms with Gasteiger partial charge in [0.1, 0.15) is 6.04 Å². The zero-order valence-electron chi connectivity index (χ0n) is 10.9. The number of hydrogen-bond donors (Lipinski definition) is 0. The van der Waals surface area contributed by atoms with Crippen LogP contribution in [0, 0.1) is 0 Å². The van der Waals surface area contributed by atoms with E-state index >= 15 is 0 Å². The molecule has 1 aliphatic heterocycles. The summed E-state index contributed by atoms with van der Waals surface area (Å²) in [6.45, 7) is 3.81. The number of rotatable bonds is 4. The molecule has 0 saturated heterocycles. The van der Waals surface area contributed by atoms with Crippen molar-refractivity contribution >= 4 is 11.5 Å². The summed E-state index contributed by atoms with van der Waals surface area (Å²) in [6.07, 6.45) is 19.8. The zero-order valence-corrected chi connectivity index (χ0v) is 10.9. The molecule has 0 aliphatic carbocycles. The van der Waals surface area contributed by atoms with E-state index in [0.717, 1.165) is 5.71 Å². The highest BCUT2D eigenvalue weighted by Gasteiger charge is 2.11. The van der Waals surface area contributed by atoms with Gasteiger partial charge >= 0.3 is 0 Å². The molecule has 94 valence electrons. The third-order valence-electron chi connectivity index (χ3n) is 2.43. The number of allylic oxidation sites excluding steroid dienone is 10. The second-order valence-electron chi connectivity index (χ2n) is 3.96. The topological polar surface area (TPSA) is 29.4 Å². The van der Waals surface area contributed by atoms with Crippen molar-refractivity contribution in [2.45, 2.75) is 26.3 Å². The smallest absolute Gasteiger partial charge is 0.160 e. The fraction of sp³-hybridized carbons (Fsp3) is 0.250. The number of nitrogens with zero attached hydrogens (tertiary/aromatic N) is 1. The molecule has 1 atom stereocenters. The molecule has 1 rings (SSSR count). The van der Waals surface area contributed by atoms with E-state index in [1.165, 1.54) is 0 Å². The zero-order chi connectivity index (χ0) is 13.2. The summed E-state index contributed by atoms with van der Waals surface area (Å²) >= 11 is 0. The number of Topliss-reactive ketones (excluding diaryl/α,β-unsaturated/α-hetero) is 1. The number of carbonyl (C=O) groups is 1. The van der Waals surface area contributed by atoms with Gasteiger partial charge in [0.15, 0.2) is 5.78 Å². The van der Waals surface area contributed by atoms with Crippen LogP contribution in [0.15, 0.2) is 65.8 Å². The first-order chi connectivity index (χ1) is 8.74. The molecule has 2 heteroatoms. The van der Waals surface area contributed by atoms with Gasteiger partial charge in [-0.15, -0.1) is 0 Å². The van der Waals surface area contributed by atoms with Crippen LogP contribution in [0.5, 0.6) is 0 Å². The average Bonchev–Trinajstić information content (AvgIpc) is 2.51. The van der Waals surface area contributed by atoms with Crippen molar-refractivity contribution in [2.24, 2.45) is 4.99 Å². The van der Waals surface area contributed by atoms with E-state index in [4.69, 9.17) is 0 Å². The second kappa shape index (κ2) is 8.18. The lowest BCUT2D eigenvalue weighted by molar-refractivity contribution is -0.119. The molecule has 0 aromatic rings. The molecule has 0 bridgehead atoms. The van der Waals surface area contributed by atoms with E-state index in [-0.39, 0.29) is 11.8 Å². The Labute approximate surface area is 109 Å². The summed E-state index contributed by atoms with van der Waals surface area (Å²) in [4.78, 5) is 15.8. The molecular formula is C16H19NO. The Balaban J connectivity index is 2.56. The van der Waals surface area contributed by atoms with E-state index in [1.54, 1.807) is 0 Å². The number of ketones is 1. The van der Waals surface area contributed by atoms with Gasteiger partial charge in [-0.2, -0.15) is 0 Å². The summed E-state index contributed by atoms with van der Waals surface area (Å²) in [5.74, 6) is 0.166. The predicted octanol–water partition coefficient (Wildman–Crippen LogP) is 3.59. The summed E-state index contributed by atoms with van der Waals surface area (Å²) in [5, 5.41) is 0. The van der Waals surface area contributed by atoms with Gasteiger partial charge in [0.05, 0.1) is 5.71 Å². The third-order valence-corrected chi connectivity index (χ3v) is 2.43. The van der Waals surface area contributed by atoms with Gasteiger partial charge < -0.3 is 0 Å². The van der Waals surface area contributed by atoms with Crippen LogP contribution in [0.2, 0.25) is 0 Å². The number of carbonyl (C=O) groups excluding carboxylic acids is 1. The monoisotopic (exact) mass is 241 g/mol. The molecule has 0 fully saturated rings. The lowest BCUT2D eigenvalue weighted by Gasteiger charge is -2.00. The van der Waals surface area contributed by atoms with Crippen LogP contribution in [0.25, 0.3) is 0 Å². The Morgan fingerprint density at radius 2 is 1.83 bits per heavy atom. The minimum Gasteiger partial charge on any atom is -0.297 e. The molecule has 0 radical (unpaired) electrons. The average molecular weight is 241 g/mol. The van der Waals surface area contributed by atoms with Crippen LogP contribution in [-0.2, 0) is 4.79 Å². The third kappa shape index (κ3) is 5.39. The molecule has 18 heavy (non-hydrogen) atoms. The van der Waals surface area contributed by atoms with Crippen molar-refractivity contribution in [3.05, 3.63) is 60.8 Å². The van der Waals surface area contributed by atoms with Crippen molar-refractivity contribution in [2.75, 3.05) is 0 Å². The molecule has 0 spiro atoms. The molecular weight excluding hydrogens is 222 g/mol. The van der Waals surface area contributed by atoms with Crippen molar-refractivity contribution in [3.8, 4) is 0 Å². The first kappa shape index (κ1) is 14.1. The van der Waals surface area contributed by atoms with E-state index < -0.39 is 0 Å². The van der Waals surface area contributed by atoms with E-state index in [1.807, 2.05) is 74.6 Å². The first-order valence-electron chi connectivity index (χ1n) is 6.14. The summed E-state index contributed by atoms with van der Waals surface area (Å²) < 4.78 is 0. The van der Waals surface area contributed by atoms with Gasteiger partial charge in [-0.25, -0.2) is 0 Å². The number of hydrogen-bond acceptors (Lipinski definition) is 2. The van der Waals surface area contributed by atoms with Gasteiger partial charge in [0, 0.05) is 6.42 Å². The van der Waals surface area contributed by atoms with Gasteiger partial charge in [0.2, 0.25) is 0 Å². The lowest BCUT2D eigenvalue weighted by Crippen LogP contribution is -2.12. The first-order valence-corrected chi connectivity index (χ1v) is 6.14. The molecule has 2 nitrogen and oxygen atoms in total. The highest BCUT2D eigenvalue weighted by atomic mass is 16.1. The van der Waals surface area contributed by atoms with E-state index in [9.17, 15) is 4.79 Å². The molecule has 0 unspecified atom stereocenters. The van der Waals surface area contributed by atoms with Crippen molar-refractivity contribution in [1.82, 2.24) is 0 Å². The quantitative estimate of drug-likeness (QED) is 0.692. The Morgan fingerprint density at radius 1 is 1.17 bits per heavy atom. The normalized spacial score (nSPS) is 21.6. The van der Waals surface area contributed by atoms with E-state index in [0.29, 0.717) is 6.42 Å². The van der Waals surface area contributed by atoms with Crippen LogP contribution in [0.3, 0.4) is 0 Å². The summed E-state index contributed by atoms with van der Waals surface area (Å²) in [6, 6.07) is -0.238. The molecule has 1 heterocycles. The van der Waals surface area contributed by atoms with Crippen LogP contribution in [0.4, 0.5) is 0 Å². The minimum absolute atomic E-state index is 0.166. The summed E-state index contributed by atoms with van der Waals surface area (Å²) in [5.41, 5.74) is 0.843. The molecule has 0 N–H and O–H groups in total. The maximum Gasteiger partial charge on any atom is 0.160 e. The highest BCUT2D eigenvalue weighted by Crippen LogP contribution is 2.04. The van der Waals surface area contributed by atoms with Crippen LogP contribution in [0.1, 0.15) is 20.3 Å². The second-order valence-corrected chi connectivity index (χ2v) is 3.96. The van der Waals surface area contributed by atoms with Crippen molar-refractivity contribution < 1.29 is 4.79 Å². The highest BCUT2D eigenvalue weighted by molar-refractivity contribution is 6.06. The van der Waals surface area contributed by atoms with Crippen molar-refractivity contribution in [1.29, 1.82) is 0 Å². The van der Waals surface area contributed by atoms with Gasteiger partial charge in [-0.05, 0) is 26.0 Å². The van der Waals surface area contributed by atoms with Crippen LogP contribution >= 0.6 is 0 Å². The standard InChI is InChI=1S/C16H19NO/c1-3-4-5-6-7-8-9-11-15-12-10-13-16(18)14(2)17-15/h3-12,14H,13H2,1-2H3/b4-3+,6-5+,8-7+,11-9+/t14-/m0/s1. The fourth-order valence-corrected chi connectivity index (χ4v) is 1.43. The summed E-state index contributed by atoms with van der Waals surface area (Å²) in [7, 11) is 0. The Bertz CT molecular complexity index is 448. The molecule has 0 saturated carbocycles. The lowest BCUT2D eigenvalue weighted by atomic mass is 10.2. The van der Waals surface area contributed by atoms with Crippen molar-refractivity contribution in [3.63, 3.8) is 0 Å². The largest absolute Gasteiger partial charge is 0.297 e. The maximum atomic E-state index is 11.4. The Morgan fingerprint density at radius 3 is 2.56 bits per heavy atom. The molecule has 0 aromatic carbocycles. The number of aliphatic imine (C=N–C) groups is 1. The SMILES string of the molecule is C/C=C/C=C/C=C/C=C/C1=N[C@@H](C)C(=O)CC=C1. The maximum absolute atomic E-state index is 11.4. The Hall–Kier alpha value is -1.96. The Kier molecular flexibility index (Phi) is 6.41. The van der Waals surface area contributed by atoms with Crippen LogP contribution in [-0.4, -0.2) is 17.5 Å². The van der Waals surface area contributed by atoms with Gasteiger partial charge in [0.25, 0.3) is 0 Å². The molecule has 1 aliphatic rings. The molecule has 0 amide bonds. The van der Waals surface area contributed by atoms with Gasteiger partial charge in [-0.3, -0.25) is 9.79 Å². The molecule has 0 aromatic heterocycles. The van der Waals surface area contributed by atoms with Crippen LogP contribution < -0.4 is 0 Å².